The van der Waals surface area contributed by atoms with Crippen LogP contribution in [0.25, 0.3) is 16.6 Å². The molecule has 3 rings (SSSR count). The number of carbonyl (C=O) groups is 1. The lowest BCUT2D eigenvalue weighted by molar-refractivity contribution is 0.0696. The molecule has 0 saturated heterocycles. The van der Waals surface area contributed by atoms with Gasteiger partial charge in [0.2, 0.25) is 0 Å². The minimum Gasteiger partial charge on any atom is -0.477 e. The Morgan fingerprint density at radius 3 is 2.32 bits per heavy atom. The van der Waals surface area contributed by atoms with Crippen LogP contribution in [0.3, 0.4) is 0 Å². The van der Waals surface area contributed by atoms with Crippen molar-refractivity contribution in [2.75, 3.05) is 0 Å². The van der Waals surface area contributed by atoms with E-state index in [1.54, 1.807) is 0 Å². The Morgan fingerprint density at radius 1 is 1.05 bits per heavy atom. The second kappa shape index (κ2) is 5.03. The molecule has 0 radical (unpaired) electrons. The average molecular weight is 302 g/mol. The molecule has 0 aliphatic rings. The van der Waals surface area contributed by atoms with Gasteiger partial charge in [0, 0.05) is 5.39 Å². The third kappa shape index (κ3) is 2.22. The molecule has 0 amide bonds. The molecule has 3 aromatic rings. The SMILES string of the molecule is O=C(O)c1c(=O)n(-c2ccc(F)cc2)nc2ccc(F)cc12. The maximum Gasteiger partial charge on any atom is 0.342 e. The number of aromatic nitrogens is 2. The minimum absolute atomic E-state index is 0.0872. The molecule has 1 heterocycles. The van der Waals surface area contributed by atoms with Gasteiger partial charge in [-0.2, -0.15) is 9.78 Å². The number of rotatable bonds is 2. The zero-order valence-corrected chi connectivity index (χ0v) is 11.0. The number of hydrogen-bond acceptors (Lipinski definition) is 3. The molecule has 1 N–H and O–H groups in total. The second-order valence-electron chi connectivity index (χ2n) is 4.53. The number of carboxylic acid groups (broad SMARTS) is 1. The van der Waals surface area contributed by atoms with Crippen molar-refractivity contribution in [1.82, 2.24) is 9.78 Å². The first-order valence-electron chi connectivity index (χ1n) is 6.19. The molecular formula is C15H8F2N2O3. The number of halogens is 2. The summed E-state index contributed by atoms with van der Waals surface area (Å²) in [6.07, 6.45) is 0. The van der Waals surface area contributed by atoms with E-state index in [1.165, 1.54) is 18.2 Å². The van der Waals surface area contributed by atoms with Crippen LogP contribution < -0.4 is 5.56 Å². The van der Waals surface area contributed by atoms with Gasteiger partial charge in [0.1, 0.15) is 17.2 Å². The lowest BCUT2D eigenvalue weighted by Gasteiger charge is -2.08. The largest absolute Gasteiger partial charge is 0.477 e. The summed E-state index contributed by atoms with van der Waals surface area (Å²) in [5.74, 6) is -2.66. The number of hydrogen-bond donors (Lipinski definition) is 1. The second-order valence-corrected chi connectivity index (χ2v) is 4.53. The van der Waals surface area contributed by atoms with E-state index in [9.17, 15) is 23.5 Å². The monoisotopic (exact) mass is 302 g/mol. The molecule has 0 atom stereocenters. The third-order valence-corrected chi connectivity index (χ3v) is 3.13. The Labute approximate surface area is 122 Å². The van der Waals surface area contributed by atoms with Gasteiger partial charge in [0.05, 0.1) is 11.2 Å². The highest BCUT2D eigenvalue weighted by Gasteiger charge is 2.19. The fourth-order valence-corrected chi connectivity index (χ4v) is 2.13. The minimum atomic E-state index is -1.49. The fraction of sp³-hybridized carbons (Fsp3) is 0. The Hall–Kier alpha value is -3.09. The molecular weight excluding hydrogens is 294 g/mol. The summed E-state index contributed by atoms with van der Waals surface area (Å²) < 4.78 is 27.1. The van der Waals surface area contributed by atoms with Crippen molar-refractivity contribution >= 4 is 16.9 Å². The first-order chi connectivity index (χ1) is 10.5. The summed E-state index contributed by atoms with van der Waals surface area (Å²) in [7, 11) is 0. The van der Waals surface area contributed by atoms with E-state index in [0.29, 0.717) is 0 Å². The highest BCUT2D eigenvalue weighted by Crippen LogP contribution is 2.17. The van der Waals surface area contributed by atoms with Crippen molar-refractivity contribution in [3.63, 3.8) is 0 Å². The zero-order chi connectivity index (χ0) is 15.9. The van der Waals surface area contributed by atoms with Crippen molar-refractivity contribution in [2.45, 2.75) is 0 Å². The lowest BCUT2D eigenvalue weighted by Crippen LogP contribution is -2.27. The highest BCUT2D eigenvalue weighted by molar-refractivity contribution is 6.01. The number of nitrogens with zero attached hydrogens (tertiary/aromatic N) is 2. The molecule has 0 saturated carbocycles. The summed E-state index contributed by atoms with van der Waals surface area (Å²) in [4.78, 5) is 23.7. The molecule has 1 aromatic heterocycles. The quantitative estimate of drug-likeness (QED) is 0.789. The Morgan fingerprint density at radius 2 is 1.68 bits per heavy atom. The van der Waals surface area contributed by atoms with E-state index in [1.807, 2.05) is 0 Å². The molecule has 5 nitrogen and oxygen atoms in total. The molecule has 2 aromatic carbocycles. The summed E-state index contributed by atoms with van der Waals surface area (Å²) >= 11 is 0. The van der Waals surface area contributed by atoms with Crippen LogP contribution in [0, 0.1) is 11.6 Å². The number of aromatic carboxylic acids is 1. The van der Waals surface area contributed by atoms with Gasteiger partial charge in [0.25, 0.3) is 5.56 Å². The molecule has 0 bridgehead atoms. The smallest absolute Gasteiger partial charge is 0.342 e. The Bertz CT molecular complexity index is 949. The highest BCUT2D eigenvalue weighted by atomic mass is 19.1. The van der Waals surface area contributed by atoms with Gasteiger partial charge >= 0.3 is 5.97 Å². The van der Waals surface area contributed by atoms with Gasteiger partial charge in [-0.05, 0) is 42.5 Å². The van der Waals surface area contributed by atoms with Crippen LogP contribution >= 0.6 is 0 Å². The van der Waals surface area contributed by atoms with Crippen LogP contribution in [0.15, 0.2) is 47.3 Å². The Kier molecular flexibility index (Phi) is 3.17. The molecule has 0 spiro atoms. The maximum atomic E-state index is 13.3. The Balaban J connectivity index is 2.40. The normalized spacial score (nSPS) is 10.8. The molecule has 22 heavy (non-hydrogen) atoms. The summed E-state index contributed by atoms with van der Waals surface area (Å²) in [5.41, 5.74) is -1.16. The average Bonchev–Trinajstić information content (AvgIpc) is 2.47. The maximum absolute atomic E-state index is 13.3. The van der Waals surface area contributed by atoms with Crippen LogP contribution in [-0.2, 0) is 0 Å². The predicted octanol–water partition coefficient (Wildman–Crippen LogP) is 2.36. The molecule has 110 valence electrons. The molecule has 0 unspecified atom stereocenters. The van der Waals surface area contributed by atoms with E-state index in [0.717, 1.165) is 28.9 Å². The standard InChI is InChI=1S/C15H8F2N2O3/c16-8-1-4-10(5-2-8)19-14(20)13(15(21)22)11-7-9(17)3-6-12(11)18-19/h1-7H,(H,21,22). The third-order valence-electron chi connectivity index (χ3n) is 3.13. The summed E-state index contributed by atoms with van der Waals surface area (Å²) in [5, 5.41) is 13.2. The van der Waals surface area contributed by atoms with Crippen molar-refractivity contribution in [3.05, 3.63) is 70.0 Å². The zero-order valence-electron chi connectivity index (χ0n) is 11.0. The van der Waals surface area contributed by atoms with Crippen LogP contribution in [0.2, 0.25) is 0 Å². The van der Waals surface area contributed by atoms with E-state index in [2.05, 4.69) is 5.10 Å². The van der Waals surface area contributed by atoms with Gasteiger partial charge in [-0.25, -0.2) is 13.6 Å². The van der Waals surface area contributed by atoms with Crippen LogP contribution in [0.4, 0.5) is 8.78 Å². The number of carboxylic acids is 1. The summed E-state index contributed by atoms with van der Waals surface area (Å²) in [6, 6.07) is 8.17. The van der Waals surface area contributed by atoms with Crippen molar-refractivity contribution in [3.8, 4) is 5.69 Å². The van der Waals surface area contributed by atoms with Crippen molar-refractivity contribution in [1.29, 1.82) is 0 Å². The van der Waals surface area contributed by atoms with Gasteiger partial charge in [-0.15, -0.1) is 0 Å². The van der Waals surface area contributed by atoms with Crippen LogP contribution in [0.1, 0.15) is 10.4 Å². The fourth-order valence-electron chi connectivity index (χ4n) is 2.13. The van der Waals surface area contributed by atoms with Gasteiger partial charge < -0.3 is 5.11 Å². The van der Waals surface area contributed by atoms with Gasteiger partial charge in [-0.3, -0.25) is 4.79 Å². The van der Waals surface area contributed by atoms with Crippen LogP contribution in [0.5, 0.6) is 0 Å². The van der Waals surface area contributed by atoms with E-state index in [-0.39, 0.29) is 16.6 Å². The molecule has 7 heteroatoms. The van der Waals surface area contributed by atoms with E-state index < -0.39 is 28.7 Å². The van der Waals surface area contributed by atoms with Crippen LogP contribution in [-0.4, -0.2) is 20.9 Å². The first-order valence-corrected chi connectivity index (χ1v) is 6.19. The summed E-state index contributed by atoms with van der Waals surface area (Å²) in [6.45, 7) is 0. The number of benzene rings is 2. The molecule has 0 aliphatic carbocycles. The molecule has 0 aliphatic heterocycles. The lowest BCUT2D eigenvalue weighted by atomic mass is 10.1. The van der Waals surface area contributed by atoms with E-state index in [4.69, 9.17) is 0 Å². The topological polar surface area (TPSA) is 72.2 Å². The van der Waals surface area contributed by atoms with Gasteiger partial charge in [-0.1, -0.05) is 0 Å². The van der Waals surface area contributed by atoms with Crippen molar-refractivity contribution in [2.24, 2.45) is 0 Å². The predicted molar refractivity (Wildman–Crippen MR) is 74.2 cm³/mol. The van der Waals surface area contributed by atoms with Crippen molar-refractivity contribution < 1.29 is 18.7 Å². The number of fused-ring (bicyclic) bond motifs is 1. The first kappa shape index (κ1) is 13.9. The van der Waals surface area contributed by atoms with Gasteiger partial charge in [0.15, 0.2) is 0 Å². The molecule has 0 fully saturated rings. The van der Waals surface area contributed by atoms with E-state index >= 15 is 0 Å².